The van der Waals surface area contributed by atoms with E-state index in [-0.39, 0.29) is 12.6 Å². The van der Waals surface area contributed by atoms with Crippen molar-refractivity contribution in [1.82, 2.24) is 4.90 Å². The summed E-state index contributed by atoms with van der Waals surface area (Å²) in [6.45, 7) is 1.02. The fraction of sp³-hybridized carbons (Fsp3) is 0.833. The van der Waals surface area contributed by atoms with Gasteiger partial charge in [0.25, 0.3) is 0 Å². The van der Waals surface area contributed by atoms with Gasteiger partial charge in [-0.15, -0.1) is 0 Å². The zero-order chi connectivity index (χ0) is 7.56. The van der Waals surface area contributed by atoms with E-state index in [1.54, 1.807) is 4.90 Å². The lowest BCUT2D eigenvalue weighted by Crippen LogP contribution is -2.50. The van der Waals surface area contributed by atoms with Gasteiger partial charge in [0.15, 0.2) is 0 Å². The molecule has 0 bridgehead atoms. The Hall–Kier alpha value is -0.640. The Labute approximate surface area is 58.4 Å². The maximum absolute atomic E-state index is 11.6. The summed E-state index contributed by atoms with van der Waals surface area (Å²) in [5, 5.41) is 8.40. The highest BCUT2D eigenvalue weighted by molar-refractivity contribution is 5.71. The molecule has 1 rings (SSSR count). The average molecular weight is 147 g/mol. The molecule has 0 aliphatic carbocycles. The molecular weight excluding hydrogens is 137 g/mol. The van der Waals surface area contributed by atoms with Crippen LogP contribution < -0.4 is 0 Å². The molecule has 0 saturated carbocycles. The number of halogens is 1. The summed E-state index contributed by atoms with van der Waals surface area (Å²) in [5.41, 5.74) is 0. The molecule has 1 saturated heterocycles. The van der Waals surface area contributed by atoms with Crippen LogP contribution in [0.1, 0.15) is 0 Å². The van der Waals surface area contributed by atoms with E-state index in [4.69, 9.17) is 5.11 Å². The van der Waals surface area contributed by atoms with Gasteiger partial charge in [0.1, 0.15) is 6.67 Å². The number of hydrogen-bond donors (Lipinski definition) is 1. The summed E-state index contributed by atoms with van der Waals surface area (Å²) in [6, 6.07) is 0. The molecule has 0 atom stereocenters. The highest BCUT2D eigenvalue weighted by Crippen LogP contribution is 2.14. The zero-order valence-electron chi connectivity index (χ0n) is 5.59. The summed E-state index contributed by atoms with van der Waals surface area (Å²) in [5.74, 6) is -1.03. The topological polar surface area (TPSA) is 40.5 Å². The van der Waals surface area contributed by atoms with Gasteiger partial charge in [-0.2, -0.15) is 0 Å². The molecule has 0 radical (unpaired) electrons. The van der Waals surface area contributed by atoms with Crippen molar-refractivity contribution in [2.24, 2.45) is 5.92 Å². The summed E-state index contributed by atoms with van der Waals surface area (Å²) >= 11 is 0. The SMILES string of the molecule is O=C(O)C1CN(CCF)C1. The first-order valence-electron chi connectivity index (χ1n) is 3.25. The lowest BCUT2D eigenvalue weighted by Gasteiger charge is -2.35. The Morgan fingerprint density at radius 1 is 1.70 bits per heavy atom. The number of hydrogen-bond acceptors (Lipinski definition) is 2. The first-order valence-corrected chi connectivity index (χ1v) is 3.25. The fourth-order valence-corrected chi connectivity index (χ4v) is 1.03. The first kappa shape index (κ1) is 7.47. The van der Waals surface area contributed by atoms with Crippen LogP contribution in [0.2, 0.25) is 0 Å². The first-order chi connectivity index (χ1) is 4.74. The summed E-state index contributed by atoms with van der Waals surface area (Å²) in [7, 11) is 0. The maximum atomic E-state index is 11.6. The quantitative estimate of drug-likeness (QED) is 0.609. The standard InChI is InChI=1S/C6H10FNO2/c7-1-2-8-3-5(4-8)6(9)10/h5H,1-4H2,(H,9,10). The van der Waals surface area contributed by atoms with Gasteiger partial charge in [-0.05, 0) is 0 Å². The minimum absolute atomic E-state index is 0.258. The van der Waals surface area contributed by atoms with Crippen molar-refractivity contribution in [3.8, 4) is 0 Å². The van der Waals surface area contributed by atoms with Crippen LogP contribution in [0.3, 0.4) is 0 Å². The van der Waals surface area contributed by atoms with Crippen LogP contribution in [0.15, 0.2) is 0 Å². The van der Waals surface area contributed by atoms with E-state index in [0.717, 1.165) is 0 Å². The van der Waals surface area contributed by atoms with Crippen molar-refractivity contribution in [2.75, 3.05) is 26.3 Å². The number of alkyl halides is 1. The third-order valence-corrected chi connectivity index (χ3v) is 1.71. The second-order valence-corrected chi connectivity index (χ2v) is 2.48. The van der Waals surface area contributed by atoms with Crippen molar-refractivity contribution >= 4 is 5.97 Å². The van der Waals surface area contributed by atoms with Crippen LogP contribution in [-0.4, -0.2) is 42.3 Å². The van der Waals surface area contributed by atoms with Gasteiger partial charge in [-0.25, -0.2) is 4.39 Å². The van der Waals surface area contributed by atoms with Crippen LogP contribution in [0, 0.1) is 5.92 Å². The van der Waals surface area contributed by atoms with Gasteiger partial charge in [0.2, 0.25) is 0 Å². The van der Waals surface area contributed by atoms with Gasteiger partial charge in [0.05, 0.1) is 5.92 Å². The van der Waals surface area contributed by atoms with Crippen molar-refractivity contribution in [2.45, 2.75) is 0 Å². The number of carboxylic acids is 1. The van der Waals surface area contributed by atoms with Crippen LogP contribution in [-0.2, 0) is 4.79 Å². The predicted octanol–water partition coefficient (Wildman–Crippen LogP) is -0.0277. The highest BCUT2D eigenvalue weighted by Gasteiger charge is 2.31. The molecule has 0 aromatic heterocycles. The largest absolute Gasteiger partial charge is 0.481 e. The van der Waals surface area contributed by atoms with Crippen molar-refractivity contribution in [1.29, 1.82) is 0 Å². The number of carbonyl (C=O) groups is 1. The summed E-state index contributed by atoms with van der Waals surface area (Å²) in [6.07, 6.45) is 0. The minimum atomic E-state index is -0.768. The molecule has 0 aromatic rings. The van der Waals surface area contributed by atoms with Crippen molar-refractivity contribution < 1.29 is 14.3 Å². The molecule has 1 fully saturated rings. The maximum Gasteiger partial charge on any atom is 0.309 e. The second-order valence-electron chi connectivity index (χ2n) is 2.48. The average Bonchev–Trinajstić information content (AvgIpc) is 1.76. The third kappa shape index (κ3) is 1.44. The molecule has 1 aliphatic heterocycles. The van der Waals surface area contributed by atoms with E-state index in [2.05, 4.69) is 0 Å². The number of rotatable bonds is 3. The number of aliphatic carboxylic acids is 1. The van der Waals surface area contributed by atoms with E-state index in [1.807, 2.05) is 0 Å². The molecule has 1 aliphatic rings. The number of likely N-dealkylation sites (tertiary alicyclic amines) is 1. The molecule has 4 heteroatoms. The van der Waals surface area contributed by atoms with Crippen LogP contribution in [0.5, 0.6) is 0 Å². The molecular formula is C6H10FNO2. The van der Waals surface area contributed by atoms with Gasteiger partial charge in [-0.1, -0.05) is 0 Å². The lowest BCUT2D eigenvalue weighted by molar-refractivity contribution is -0.147. The smallest absolute Gasteiger partial charge is 0.309 e. The second kappa shape index (κ2) is 2.96. The molecule has 1 heterocycles. The molecule has 1 N–H and O–H groups in total. The number of carboxylic acid groups (broad SMARTS) is 1. The molecule has 0 spiro atoms. The zero-order valence-corrected chi connectivity index (χ0v) is 5.59. The lowest BCUT2D eigenvalue weighted by atomic mass is 10.0. The van der Waals surface area contributed by atoms with Crippen LogP contribution >= 0.6 is 0 Å². The highest BCUT2D eigenvalue weighted by atomic mass is 19.1. The third-order valence-electron chi connectivity index (χ3n) is 1.71. The van der Waals surface area contributed by atoms with Crippen LogP contribution in [0.25, 0.3) is 0 Å². The Kier molecular flexibility index (Phi) is 2.21. The number of nitrogens with zero attached hydrogens (tertiary/aromatic N) is 1. The molecule has 0 aromatic carbocycles. The molecule has 0 unspecified atom stereocenters. The molecule has 0 amide bonds. The fourth-order valence-electron chi connectivity index (χ4n) is 1.03. The van der Waals surface area contributed by atoms with Gasteiger partial charge in [-0.3, -0.25) is 9.69 Å². The van der Waals surface area contributed by atoms with E-state index in [0.29, 0.717) is 19.6 Å². The van der Waals surface area contributed by atoms with E-state index in [9.17, 15) is 9.18 Å². The Morgan fingerprint density at radius 2 is 2.30 bits per heavy atom. The normalized spacial score (nSPS) is 20.5. The predicted molar refractivity (Wildman–Crippen MR) is 33.5 cm³/mol. The molecule has 58 valence electrons. The van der Waals surface area contributed by atoms with E-state index in [1.165, 1.54) is 0 Å². The summed E-state index contributed by atoms with van der Waals surface area (Å²) in [4.78, 5) is 12.0. The van der Waals surface area contributed by atoms with E-state index < -0.39 is 5.97 Å². The molecule has 10 heavy (non-hydrogen) atoms. The Morgan fingerprint density at radius 3 is 2.70 bits per heavy atom. The van der Waals surface area contributed by atoms with Gasteiger partial charge < -0.3 is 5.11 Å². The van der Waals surface area contributed by atoms with Crippen LogP contribution in [0.4, 0.5) is 4.39 Å². The van der Waals surface area contributed by atoms with Gasteiger partial charge >= 0.3 is 5.97 Å². The monoisotopic (exact) mass is 147 g/mol. The Balaban J connectivity index is 2.12. The Bertz CT molecular complexity index is 134. The molecule has 3 nitrogen and oxygen atoms in total. The van der Waals surface area contributed by atoms with Gasteiger partial charge in [0, 0.05) is 19.6 Å². The summed E-state index contributed by atoms with van der Waals surface area (Å²) < 4.78 is 11.6. The minimum Gasteiger partial charge on any atom is -0.481 e. The van der Waals surface area contributed by atoms with Crippen molar-refractivity contribution in [3.05, 3.63) is 0 Å². The van der Waals surface area contributed by atoms with Crippen molar-refractivity contribution in [3.63, 3.8) is 0 Å². The van der Waals surface area contributed by atoms with E-state index >= 15 is 0 Å².